The zero-order chi connectivity index (χ0) is 16.9. The van der Waals surface area contributed by atoms with Crippen LogP contribution in [0.15, 0.2) is 42.5 Å². The number of hydrogen-bond acceptors (Lipinski definition) is 3. The van der Waals surface area contributed by atoms with Gasteiger partial charge in [0.1, 0.15) is 0 Å². The standard InChI is InChI=1S/C18H18Cl2N2O2/c19-14-4-5-17(20)16(11-14)18(23)21-15-3-1-2-13(10-15)12-22-6-8-24-9-7-22/h1-5,10-11H,6-9,12H2,(H,21,23). The number of nitrogens with one attached hydrogen (secondary N) is 1. The van der Waals surface area contributed by atoms with Crippen molar-refractivity contribution in [3.8, 4) is 0 Å². The van der Waals surface area contributed by atoms with Crippen LogP contribution in [-0.2, 0) is 11.3 Å². The second-order valence-corrected chi connectivity index (χ2v) is 6.51. The van der Waals surface area contributed by atoms with Crippen LogP contribution in [0.2, 0.25) is 10.0 Å². The van der Waals surface area contributed by atoms with E-state index in [1.54, 1.807) is 18.2 Å². The monoisotopic (exact) mass is 364 g/mol. The molecule has 1 amide bonds. The summed E-state index contributed by atoms with van der Waals surface area (Å²) in [5, 5.41) is 3.73. The van der Waals surface area contributed by atoms with Gasteiger partial charge in [0.2, 0.25) is 0 Å². The molecule has 3 rings (SSSR count). The summed E-state index contributed by atoms with van der Waals surface area (Å²) in [7, 11) is 0. The minimum absolute atomic E-state index is 0.272. The molecule has 0 aliphatic carbocycles. The Morgan fingerprint density at radius 1 is 1.12 bits per heavy atom. The van der Waals surface area contributed by atoms with Crippen LogP contribution in [0.3, 0.4) is 0 Å². The number of morpholine rings is 1. The Bertz CT molecular complexity index is 731. The van der Waals surface area contributed by atoms with Gasteiger partial charge in [-0.25, -0.2) is 0 Å². The SMILES string of the molecule is O=C(Nc1cccc(CN2CCOCC2)c1)c1cc(Cl)ccc1Cl. The molecule has 24 heavy (non-hydrogen) atoms. The van der Waals surface area contributed by atoms with E-state index < -0.39 is 0 Å². The minimum Gasteiger partial charge on any atom is -0.379 e. The van der Waals surface area contributed by atoms with Crippen molar-refractivity contribution >= 4 is 34.8 Å². The molecular weight excluding hydrogens is 347 g/mol. The lowest BCUT2D eigenvalue weighted by atomic mass is 10.1. The molecule has 0 atom stereocenters. The number of hydrogen-bond donors (Lipinski definition) is 1. The molecule has 1 heterocycles. The molecular formula is C18H18Cl2N2O2. The summed E-state index contributed by atoms with van der Waals surface area (Å²) in [6.45, 7) is 4.22. The highest BCUT2D eigenvalue weighted by Gasteiger charge is 2.13. The van der Waals surface area contributed by atoms with Crippen molar-refractivity contribution in [1.82, 2.24) is 4.90 Å². The molecule has 1 N–H and O–H groups in total. The van der Waals surface area contributed by atoms with Crippen molar-refractivity contribution in [2.24, 2.45) is 0 Å². The molecule has 1 aliphatic heterocycles. The van der Waals surface area contributed by atoms with Crippen LogP contribution in [0.4, 0.5) is 5.69 Å². The number of amides is 1. The Labute approximate surface area is 151 Å². The van der Waals surface area contributed by atoms with Crippen molar-refractivity contribution in [2.75, 3.05) is 31.6 Å². The van der Waals surface area contributed by atoms with E-state index in [1.165, 1.54) is 0 Å². The highest BCUT2D eigenvalue weighted by molar-refractivity contribution is 6.36. The molecule has 0 saturated carbocycles. The predicted octanol–water partition coefficient (Wildman–Crippen LogP) is 4.08. The van der Waals surface area contributed by atoms with E-state index in [9.17, 15) is 4.79 Å². The predicted molar refractivity (Wildman–Crippen MR) is 97.0 cm³/mol. The van der Waals surface area contributed by atoms with Gasteiger partial charge in [-0.2, -0.15) is 0 Å². The van der Waals surface area contributed by atoms with Gasteiger partial charge in [0.05, 0.1) is 23.8 Å². The molecule has 0 radical (unpaired) electrons. The zero-order valence-electron chi connectivity index (χ0n) is 13.1. The van der Waals surface area contributed by atoms with Crippen LogP contribution in [0.25, 0.3) is 0 Å². The van der Waals surface area contributed by atoms with Crippen LogP contribution in [0, 0.1) is 0 Å². The number of anilines is 1. The maximum absolute atomic E-state index is 12.4. The third-order valence-corrected chi connectivity index (χ3v) is 4.43. The Hall–Kier alpha value is -1.59. The first-order valence-electron chi connectivity index (χ1n) is 7.77. The molecule has 126 valence electrons. The van der Waals surface area contributed by atoms with Gasteiger partial charge in [-0.15, -0.1) is 0 Å². The van der Waals surface area contributed by atoms with Crippen molar-refractivity contribution in [1.29, 1.82) is 0 Å². The number of ether oxygens (including phenoxy) is 1. The quantitative estimate of drug-likeness (QED) is 0.888. The zero-order valence-corrected chi connectivity index (χ0v) is 14.6. The van der Waals surface area contributed by atoms with Gasteiger partial charge in [-0.3, -0.25) is 9.69 Å². The molecule has 6 heteroatoms. The van der Waals surface area contributed by atoms with Gasteiger partial charge >= 0.3 is 0 Å². The van der Waals surface area contributed by atoms with E-state index in [4.69, 9.17) is 27.9 Å². The molecule has 1 aliphatic rings. The van der Waals surface area contributed by atoms with E-state index in [0.29, 0.717) is 15.6 Å². The first-order chi connectivity index (χ1) is 11.6. The maximum atomic E-state index is 12.4. The van der Waals surface area contributed by atoms with Crippen molar-refractivity contribution in [3.05, 3.63) is 63.6 Å². The first kappa shape index (κ1) is 17.2. The fourth-order valence-electron chi connectivity index (χ4n) is 2.63. The number of nitrogens with zero attached hydrogens (tertiary/aromatic N) is 1. The second kappa shape index (κ2) is 7.99. The normalized spacial score (nSPS) is 15.2. The van der Waals surface area contributed by atoms with Crippen molar-refractivity contribution in [2.45, 2.75) is 6.54 Å². The summed E-state index contributed by atoms with van der Waals surface area (Å²) in [4.78, 5) is 14.7. The van der Waals surface area contributed by atoms with Crippen molar-refractivity contribution < 1.29 is 9.53 Å². The van der Waals surface area contributed by atoms with Crippen LogP contribution in [0.5, 0.6) is 0 Å². The average molecular weight is 365 g/mol. The third-order valence-electron chi connectivity index (χ3n) is 3.87. The lowest BCUT2D eigenvalue weighted by molar-refractivity contribution is 0.0342. The largest absolute Gasteiger partial charge is 0.379 e. The van der Waals surface area contributed by atoms with Crippen LogP contribution < -0.4 is 5.32 Å². The summed E-state index contributed by atoms with van der Waals surface area (Å²) >= 11 is 12.0. The fourth-order valence-corrected chi connectivity index (χ4v) is 3.01. The molecule has 0 bridgehead atoms. The summed E-state index contributed by atoms with van der Waals surface area (Å²) in [5.41, 5.74) is 2.25. The molecule has 1 fully saturated rings. The van der Waals surface area contributed by atoms with Crippen LogP contribution in [0.1, 0.15) is 15.9 Å². The molecule has 0 aromatic heterocycles. The lowest BCUT2D eigenvalue weighted by Gasteiger charge is -2.26. The molecule has 4 nitrogen and oxygen atoms in total. The van der Waals surface area contributed by atoms with E-state index in [1.807, 2.05) is 18.2 Å². The van der Waals surface area contributed by atoms with Gasteiger partial charge in [0, 0.05) is 30.3 Å². The Morgan fingerprint density at radius 3 is 2.71 bits per heavy atom. The Morgan fingerprint density at radius 2 is 1.92 bits per heavy atom. The molecule has 2 aromatic carbocycles. The topological polar surface area (TPSA) is 41.6 Å². The highest BCUT2D eigenvalue weighted by atomic mass is 35.5. The summed E-state index contributed by atoms with van der Waals surface area (Å²) in [5.74, 6) is -0.272. The number of carbonyl (C=O) groups excluding carboxylic acids is 1. The van der Waals surface area contributed by atoms with E-state index in [2.05, 4.69) is 16.3 Å². The van der Waals surface area contributed by atoms with Crippen molar-refractivity contribution in [3.63, 3.8) is 0 Å². The third kappa shape index (κ3) is 4.48. The first-order valence-corrected chi connectivity index (χ1v) is 8.53. The Kier molecular flexibility index (Phi) is 5.74. The highest BCUT2D eigenvalue weighted by Crippen LogP contribution is 2.22. The number of halogens is 2. The number of rotatable bonds is 4. The summed E-state index contributed by atoms with van der Waals surface area (Å²) in [6, 6.07) is 12.7. The average Bonchev–Trinajstić information content (AvgIpc) is 2.58. The van der Waals surface area contributed by atoms with Crippen LogP contribution in [-0.4, -0.2) is 37.1 Å². The minimum atomic E-state index is -0.272. The Balaban J connectivity index is 1.69. The van der Waals surface area contributed by atoms with Crippen LogP contribution >= 0.6 is 23.2 Å². The van der Waals surface area contributed by atoms with E-state index in [0.717, 1.165) is 44.1 Å². The number of carbonyl (C=O) groups is 1. The van der Waals surface area contributed by atoms with E-state index in [-0.39, 0.29) is 5.91 Å². The second-order valence-electron chi connectivity index (χ2n) is 5.67. The van der Waals surface area contributed by atoms with Gasteiger partial charge in [-0.05, 0) is 35.9 Å². The summed E-state index contributed by atoms with van der Waals surface area (Å²) in [6.07, 6.45) is 0. The molecule has 0 unspecified atom stereocenters. The molecule has 2 aromatic rings. The van der Waals surface area contributed by atoms with Gasteiger partial charge in [0.15, 0.2) is 0 Å². The molecule has 1 saturated heterocycles. The smallest absolute Gasteiger partial charge is 0.257 e. The summed E-state index contributed by atoms with van der Waals surface area (Å²) < 4.78 is 5.36. The lowest BCUT2D eigenvalue weighted by Crippen LogP contribution is -2.35. The maximum Gasteiger partial charge on any atom is 0.257 e. The number of benzene rings is 2. The van der Waals surface area contributed by atoms with Gasteiger partial charge < -0.3 is 10.1 Å². The fraction of sp³-hybridized carbons (Fsp3) is 0.278. The van der Waals surface area contributed by atoms with Gasteiger partial charge in [0.25, 0.3) is 5.91 Å². The molecule has 0 spiro atoms. The van der Waals surface area contributed by atoms with E-state index >= 15 is 0 Å². The van der Waals surface area contributed by atoms with Gasteiger partial charge in [-0.1, -0.05) is 35.3 Å².